The van der Waals surface area contributed by atoms with E-state index in [1.165, 1.54) is 0 Å². The first kappa shape index (κ1) is 37.0. The number of hydrogen-bond acceptors (Lipinski definition) is 11. The van der Waals surface area contributed by atoms with Crippen molar-refractivity contribution in [3.05, 3.63) is 12.2 Å². The number of hydrogen-bond donors (Lipinski definition) is 7. The fraction of sp³-hybridized carbons (Fsp3) is 0.829. The zero-order valence-electron chi connectivity index (χ0n) is 30.0. The molecule has 6 rings (SSSR count). The minimum absolute atomic E-state index is 0.125. The number of carboxylic acids is 1. The number of hydrazine groups is 3. The smallest absolute Gasteiger partial charge is 0.408 e. The van der Waals surface area contributed by atoms with Gasteiger partial charge in [-0.15, -0.1) is 0 Å². The Morgan fingerprint density at radius 1 is 0.980 bits per heavy atom. The van der Waals surface area contributed by atoms with Gasteiger partial charge in [0.05, 0.1) is 12.1 Å². The highest BCUT2D eigenvalue weighted by molar-refractivity contribution is 5.96. The molecular weight excluding hydrogens is 644 g/mol. The van der Waals surface area contributed by atoms with Crippen LogP contribution in [0.15, 0.2) is 12.2 Å². The fourth-order valence-corrected chi connectivity index (χ4v) is 8.66. The summed E-state index contributed by atoms with van der Waals surface area (Å²) in [6.45, 7) is 7.18. The molecule has 7 atom stereocenters. The lowest BCUT2D eigenvalue weighted by molar-refractivity contribution is -0.145. The van der Waals surface area contributed by atoms with Gasteiger partial charge in [0.1, 0.15) is 23.2 Å². The lowest BCUT2D eigenvalue weighted by Crippen LogP contribution is -2.56. The molecule has 3 saturated heterocycles. The number of methoxy groups -OCH3 is 1. The summed E-state index contributed by atoms with van der Waals surface area (Å²) in [4.78, 5) is 55.7. The number of ether oxygens (including phenoxy) is 2. The average Bonchev–Trinajstić information content (AvgIpc) is 3.52. The highest BCUT2D eigenvalue weighted by Gasteiger charge is 2.61. The Labute approximate surface area is 295 Å². The zero-order valence-corrected chi connectivity index (χ0v) is 30.0. The number of amides is 3. The largest absolute Gasteiger partial charge is 0.479 e. The molecule has 6 aliphatic rings. The Balaban J connectivity index is 1.25. The van der Waals surface area contributed by atoms with Gasteiger partial charge in [-0.25, -0.2) is 20.4 Å². The van der Waals surface area contributed by atoms with Gasteiger partial charge >= 0.3 is 12.1 Å². The van der Waals surface area contributed by atoms with Gasteiger partial charge in [-0.3, -0.25) is 20.4 Å². The van der Waals surface area contributed by atoms with Crippen LogP contribution in [-0.4, -0.2) is 113 Å². The predicted molar refractivity (Wildman–Crippen MR) is 184 cm³/mol. The number of rotatable bonds is 6. The third-order valence-corrected chi connectivity index (χ3v) is 11.6. The van der Waals surface area contributed by atoms with E-state index in [9.17, 15) is 24.3 Å². The summed E-state index contributed by atoms with van der Waals surface area (Å²) >= 11 is 0. The molecule has 0 radical (unpaired) electrons. The number of carbonyl (C=O) groups is 4. The highest BCUT2D eigenvalue weighted by atomic mass is 16.6. The maximum Gasteiger partial charge on any atom is 0.408 e. The molecule has 5 fully saturated rings. The van der Waals surface area contributed by atoms with Gasteiger partial charge < -0.3 is 30.1 Å². The van der Waals surface area contributed by atoms with E-state index in [-0.39, 0.29) is 42.6 Å². The maximum atomic E-state index is 14.5. The molecule has 2 saturated carbocycles. The van der Waals surface area contributed by atoms with Crippen molar-refractivity contribution in [1.29, 1.82) is 0 Å². The third-order valence-electron chi connectivity index (χ3n) is 11.6. The fourth-order valence-electron chi connectivity index (χ4n) is 8.66. The molecule has 3 amide bonds. The van der Waals surface area contributed by atoms with Crippen molar-refractivity contribution in [3.8, 4) is 0 Å². The molecule has 15 nitrogen and oxygen atoms in total. The van der Waals surface area contributed by atoms with Crippen molar-refractivity contribution in [2.24, 2.45) is 17.8 Å². The van der Waals surface area contributed by atoms with Crippen LogP contribution in [0.25, 0.3) is 0 Å². The molecular formula is C35H58N8O7. The average molecular weight is 703 g/mol. The van der Waals surface area contributed by atoms with Gasteiger partial charge in [0.25, 0.3) is 0 Å². The molecule has 4 heterocycles. The first-order chi connectivity index (χ1) is 23.9. The molecule has 0 bridgehead atoms. The topological polar surface area (TPSA) is 186 Å². The molecule has 0 spiro atoms. The minimum atomic E-state index is -1.39. The summed E-state index contributed by atoms with van der Waals surface area (Å²) in [5.74, 6) is -1.47. The number of carbonyl (C=O) groups excluding carboxylic acids is 3. The van der Waals surface area contributed by atoms with Crippen LogP contribution < -0.4 is 32.3 Å². The van der Waals surface area contributed by atoms with Gasteiger partial charge in [0.15, 0.2) is 0 Å². The van der Waals surface area contributed by atoms with E-state index < -0.39 is 41.2 Å². The summed E-state index contributed by atoms with van der Waals surface area (Å²) in [7, 11) is 1.78. The molecule has 4 aliphatic heterocycles. The van der Waals surface area contributed by atoms with E-state index >= 15 is 0 Å². The molecule has 0 aromatic heterocycles. The van der Waals surface area contributed by atoms with Crippen molar-refractivity contribution in [3.63, 3.8) is 0 Å². The zero-order chi connectivity index (χ0) is 35.6. The van der Waals surface area contributed by atoms with Crippen molar-refractivity contribution in [1.82, 2.24) is 42.4 Å². The number of fused-ring (bicyclic) bond motifs is 2. The van der Waals surface area contributed by atoms with Gasteiger partial charge in [-0.2, -0.15) is 5.12 Å². The van der Waals surface area contributed by atoms with E-state index in [1.807, 2.05) is 17.3 Å². The quantitative estimate of drug-likeness (QED) is 0.197. The Hall–Kier alpha value is -2.82. The number of aliphatic carboxylic acids is 1. The number of carboxylic acid groups (broad SMARTS) is 1. The van der Waals surface area contributed by atoms with Crippen LogP contribution in [0.3, 0.4) is 0 Å². The van der Waals surface area contributed by atoms with Crippen LogP contribution in [-0.2, 0) is 23.9 Å². The van der Waals surface area contributed by atoms with Gasteiger partial charge in [0.2, 0.25) is 11.8 Å². The van der Waals surface area contributed by atoms with Crippen LogP contribution in [0.5, 0.6) is 0 Å². The molecule has 0 aromatic carbocycles. The lowest BCUT2D eigenvalue weighted by Gasteiger charge is -2.35. The van der Waals surface area contributed by atoms with Gasteiger partial charge in [-0.1, -0.05) is 25.0 Å². The van der Waals surface area contributed by atoms with Crippen LogP contribution in [0.4, 0.5) is 4.79 Å². The van der Waals surface area contributed by atoms with Gasteiger partial charge in [-0.05, 0) is 84.5 Å². The SMILES string of the molecule is COC1CCC(C2NN([C@H]3C[C@H]4C(=O)N[C@]5(C(=O)O)C[C@H]5/C=C\CCCCC[C@H](NC(=O)OC(C)(C)C)C(=O)N4C3)NC2C2CNNC2)CC1. The second-order valence-electron chi connectivity index (χ2n) is 16.2. The summed E-state index contributed by atoms with van der Waals surface area (Å²) in [6.07, 6.45) is 11.8. The number of allylic oxidation sites excluding steroid dienone is 1. The first-order valence-corrected chi connectivity index (χ1v) is 18.7. The number of nitrogens with one attached hydrogen (secondary N) is 6. The van der Waals surface area contributed by atoms with Crippen LogP contribution >= 0.6 is 0 Å². The summed E-state index contributed by atoms with van der Waals surface area (Å²) < 4.78 is 11.2. The van der Waals surface area contributed by atoms with Crippen LogP contribution in [0.2, 0.25) is 0 Å². The first-order valence-electron chi connectivity index (χ1n) is 18.7. The molecule has 2 unspecified atom stereocenters. The molecule has 7 N–H and O–H groups in total. The molecule has 15 heteroatoms. The van der Waals surface area contributed by atoms with E-state index in [0.29, 0.717) is 37.5 Å². The number of nitrogens with zero attached hydrogens (tertiary/aromatic N) is 2. The Kier molecular flexibility index (Phi) is 11.4. The molecule has 280 valence electrons. The second kappa shape index (κ2) is 15.4. The Bertz CT molecular complexity index is 1280. The van der Waals surface area contributed by atoms with Crippen molar-refractivity contribution < 1.29 is 33.8 Å². The second-order valence-corrected chi connectivity index (χ2v) is 16.2. The van der Waals surface area contributed by atoms with Gasteiger partial charge in [0, 0.05) is 50.7 Å². The molecule has 50 heavy (non-hydrogen) atoms. The van der Waals surface area contributed by atoms with E-state index in [4.69, 9.17) is 9.47 Å². The van der Waals surface area contributed by atoms with Crippen molar-refractivity contribution in [2.45, 2.75) is 139 Å². The number of alkyl carbamates (subject to hydrolysis) is 1. The summed E-state index contributed by atoms with van der Waals surface area (Å²) in [5, 5.41) is 17.9. The van der Waals surface area contributed by atoms with E-state index in [1.54, 1.807) is 32.8 Å². The molecule has 0 aromatic rings. The lowest BCUT2D eigenvalue weighted by atomic mass is 9.78. The van der Waals surface area contributed by atoms with Crippen molar-refractivity contribution >= 4 is 23.9 Å². The highest BCUT2D eigenvalue weighted by Crippen LogP contribution is 2.45. The Morgan fingerprint density at radius 2 is 1.68 bits per heavy atom. The molecule has 2 aliphatic carbocycles. The van der Waals surface area contributed by atoms with Crippen LogP contribution in [0.1, 0.15) is 91.4 Å². The van der Waals surface area contributed by atoms with Crippen molar-refractivity contribution in [2.75, 3.05) is 26.7 Å². The summed E-state index contributed by atoms with van der Waals surface area (Å²) in [5.41, 5.74) is 11.9. The normalized spacial score (nSPS) is 38.4. The van der Waals surface area contributed by atoms with E-state index in [0.717, 1.165) is 58.0 Å². The Morgan fingerprint density at radius 3 is 2.34 bits per heavy atom. The maximum absolute atomic E-state index is 14.5. The summed E-state index contributed by atoms with van der Waals surface area (Å²) in [6, 6.07) is -1.82. The van der Waals surface area contributed by atoms with Crippen LogP contribution in [0, 0.1) is 17.8 Å². The standard InChI is InChI=1S/C35H58N8O7/c1-34(2,3)50-33(48)38-26-11-9-7-5-6-8-10-23-17-35(23,32(46)47)39-30(44)27-16-24(20-42(27)31(26)45)43-40-28(21-12-14-25(49-4)15-13-21)29(41-43)22-18-36-37-19-22/h8,10,21-29,36-37,40-41H,5-7,9,11-20H2,1-4H3,(H,38,48)(H,39,44)(H,46,47)/b10-8-/t21?,23-,24+,25?,26+,27+,28?,29?,35-/m1/s1. The minimum Gasteiger partial charge on any atom is -0.479 e. The monoisotopic (exact) mass is 702 g/mol. The third kappa shape index (κ3) is 8.28. The predicted octanol–water partition coefficient (Wildman–Crippen LogP) is 1.32. The van der Waals surface area contributed by atoms with E-state index in [2.05, 4.69) is 32.3 Å².